The van der Waals surface area contributed by atoms with E-state index in [1.165, 1.54) is 12.5 Å². The number of nitrogens with one attached hydrogen (secondary N) is 1. The Hall–Kier alpha value is -1.84. The predicted octanol–water partition coefficient (Wildman–Crippen LogP) is 3.32. The number of carbonyl (C=O) groups excluding carboxylic acids is 1. The molecular formula is C17H22N2O2. The molecule has 21 heavy (non-hydrogen) atoms. The van der Waals surface area contributed by atoms with Crippen LogP contribution in [0.4, 0.5) is 0 Å². The van der Waals surface area contributed by atoms with E-state index in [0.717, 1.165) is 18.6 Å². The maximum Gasteiger partial charge on any atom is 0.275 e. The fourth-order valence-electron chi connectivity index (χ4n) is 3.94. The van der Waals surface area contributed by atoms with E-state index in [1.807, 2.05) is 0 Å². The largest absolute Gasteiger partial charge is 0.507 e. The third-order valence-electron chi connectivity index (χ3n) is 5.95. The first kappa shape index (κ1) is 14.1. The second-order valence-corrected chi connectivity index (χ2v) is 7.01. The van der Waals surface area contributed by atoms with Crippen LogP contribution >= 0.6 is 0 Å². The SMILES string of the molecule is CC1(C)[C@H]2CC[C@]1(C)/C(=N\NC(=O)c1ccccc1O)C2. The Morgan fingerprint density at radius 2 is 2.05 bits per heavy atom. The predicted molar refractivity (Wildman–Crippen MR) is 82.2 cm³/mol. The van der Waals surface area contributed by atoms with Crippen LogP contribution in [0.1, 0.15) is 50.4 Å². The fourth-order valence-corrected chi connectivity index (χ4v) is 3.94. The average Bonchev–Trinajstić information content (AvgIpc) is 2.78. The quantitative estimate of drug-likeness (QED) is 0.819. The van der Waals surface area contributed by atoms with E-state index >= 15 is 0 Å². The van der Waals surface area contributed by atoms with Gasteiger partial charge in [0.05, 0.1) is 5.56 Å². The number of benzene rings is 1. The van der Waals surface area contributed by atoms with Crippen LogP contribution in [0, 0.1) is 16.7 Å². The Labute approximate surface area is 125 Å². The molecule has 0 radical (unpaired) electrons. The van der Waals surface area contributed by atoms with Crippen molar-refractivity contribution in [2.75, 3.05) is 0 Å². The van der Waals surface area contributed by atoms with Crippen molar-refractivity contribution < 1.29 is 9.90 Å². The Morgan fingerprint density at radius 3 is 2.62 bits per heavy atom. The third-order valence-corrected chi connectivity index (χ3v) is 5.95. The number of carbonyl (C=O) groups is 1. The molecule has 2 fully saturated rings. The molecule has 0 saturated heterocycles. The van der Waals surface area contributed by atoms with Gasteiger partial charge in [-0.15, -0.1) is 0 Å². The van der Waals surface area contributed by atoms with Crippen molar-refractivity contribution in [1.82, 2.24) is 5.43 Å². The number of para-hydroxylation sites is 1. The second-order valence-electron chi connectivity index (χ2n) is 7.01. The monoisotopic (exact) mass is 286 g/mol. The number of nitrogens with zero attached hydrogens (tertiary/aromatic N) is 1. The molecule has 0 aromatic heterocycles. The van der Waals surface area contributed by atoms with Gasteiger partial charge in [0.25, 0.3) is 5.91 Å². The molecule has 4 nitrogen and oxygen atoms in total. The van der Waals surface area contributed by atoms with E-state index in [9.17, 15) is 9.90 Å². The number of hydrogen-bond acceptors (Lipinski definition) is 3. The Bertz CT molecular complexity index is 621. The highest BCUT2D eigenvalue weighted by Crippen LogP contribution is 2.63. The zero-order valence-electron chi connectivity index (χ0n) is 12.8. The lowest BCUT2D eigenvalue weighted by molar-refractivity contribution is 0.0951. The third kappa shape index (κ3) is 1.96. The molecule has 2 atom stereocenters. The van der Waals surface area contributed by atoms with E-state index in [0.29, 0.717) is 5.92 Å². The van der Waals surface area contributed by atoms with E-state index in [2.05, 4.69) is 31.3 Å². The molecule has 112 valence electrons. The summed E-state index contributed by atoms with van der Waals surface area (Å²) in [7, 11) is 0. The van der Waals surface area contributed by atoms with Crippen LogP contribution in [0.15, 0.2) is 29.4 Å². The summed E-state index contributed by atoms with van der Waals surface area (Å²) in [5.41, 5.74) is 4.28. The summed E-state index contributed by atoms with van der Waals surface area (Å²) < 4.78 is 0. The molecule has 2 bridgehead atoms. The van der Waals surface area contributed by atoms with Crippen LogP contribution in [0.5, 0.6) is 5.75 Å². The Balaban J connectivity index is 1.79. The van der Waals surface area contributed by atoms with Crippen molar-refractivity contribution >= 4 is 11.6 Å². The summed E-state index contributed by atoms with van der Waals surface area (Å²) in [4.78, 5) is 12.1. The molecule has 2 N–H and O–H groups in total. The number of rotatable bonds is 2. The minimum Gasteiger partial charge on any atom is -0.507 e. The zero-order chi connectivity index (χ0) is 15.3. The summed E-state index contributed by atoms with van der Waals surface area (Å²) in [5, 5.41) is 14.1. The summed E-state index contributed by atoms with van der Waals surface area (Å²) in [6, 6.07) is 6.52. The highest BCUT2D eigenvalue weighted by molar-refractivity contribution is 5.99. The minimum atomic E-state index is -0.357. The van der Waals surface area contributed by atoms with Crippen LogP contribution in [0.3, 0.4) is 0 Å². The molecule has 2 aliphatic carbocycles. The van der Waals surface area contributed by atoms with Gasteiger partial charge in [-0.05, 0) is 42.7 Å². The first-order valence-corrected chi connectivity index (χ1v) is 7.51. The van der Waals surface area contributed by atoms with Gasteiger partial charge < -0.3 is 5.11 Å². The van der Waals surface area contributed by atoms with E-state index in [1.54, 1.807) is 18.2 Å². The van der Waals surface area contributed by atoms with Gasteiger partial charge in [-0.1, -0.05) is 32.9 Å². The number of fused-ring (bicyclic) bond motifs is 2. The summed E-state index contributed by atoms with van der Waals surface area (Å²) >= 11 is 0. The number of phenols is 1. The van der Waals surface area contributed by atoms with Crippen LogP contribution in [0.2, 0.25) is 0 Å². The first-order valence-electron chi connectivity index (χ1n) is 7.51. The normalized spacial score (nSPS) is 31.6. The number of hydrazone groups is 1. The average molecular weight is 286 g/mol. The first-order chi connectivity index (χ1) is 9.86. The summed E-state index contributed by atoms with van der Waals surface area (Å²) in [6.07, 6.45) is 3.34. The molecule has 1 aromatic rings. The van der Waals surface area contributed by atoms with Gasteiger partial charge in [-0.25, -0.2) is 5.43 Å². The van der Waals surface area contributed by atoms with Crippen LogP contribution in [0.25, 0.3) is 0 Å². The maximum atomic E-state index is 12.1. The Kier molecular flexibility index (Phi) is 3.08. The molecule has 1 amide bonds. The fraction of sp³-hybridized carbons (Fsp3) is 0.529. The number of phenolic OH excluding ortho intramolecular Hbond substituents is 1. The zero-order valence-corrected chi connectivity index (χ0v) is 12.8. The Morgan fingerprint density at radius 1 is 1.33 bits per heavy atom. The van der Waals surface area contributed by atoms with Crippen molar-refractivity contribution in [2.24, 2.45) is 21.8 Å². The van der Waals surface area contributed by atoms with Crippen molar-refractivity contribution in [3.63, 3.8) is 0 Å². The molecule has 1 aromatic carbocycles. The van der Waals surface area contributed by atoms with Gasteiger partial charge in [0.1, 0.15) is 5.75 Å². The van der Waals surface area contributed by atoms with Crippen molar-refractivity contribution in [3.8, 4) is 5.75 Å². The van der Waals surface area contributed by atoms with Gasteiger partial charge in [-0.2, -0.15) is 5.10 Å². The van der Waals surface area contributed by atoms with Gasteiger partial charge in [0.15, 0.2) is 0 Å². The summed E-state index contributed by atoms with van der Waals surface area (Å²) in [5.74, 6) is 0.280. The lowest BCUT2D eigenvalue weighted by atomic mass is 9.70. The van der Waals surface area contributed by atoms with Crippen molar-refractivity contribution in [1.29, 1.82) is 0 Å². The molecule has 3 rings (SSSR count). The van der Waals surface area contributed by atoms with Crippen molar-refractivity contribution in [2.45, 2.75) is 40.0 Å². The lowest BCUT2D eigenvalue weighted by Gasteiger charge is -2.34. The van der Waals surface area contributed by atoms with Gasteiger partial charge in [-0.3, -0.25) is 4.79 Å². The van der Waals surface area contributed by atoms with E-state index in [4.69, 9.17) is 0 Å². The minimum absolute atomic E-state index is 0.0188. The molecule has 0 aliphatic heterocycles. The lowest BCUT2D eigenvalue weighted by Crippen LogP contribution is -2.34. The summed E-state index contributed by atoms with van der Waals surface area (Å²) in [6.45, 7) is 6.86. The highest BCUT2D eigenvalue weighted by Gasteiger charge is 2.60. The van der Waals surface area contributed by atoms with Crippen LogP contribution < -0.4 is 5.43 Å². The molecule has 4 heteroatoms. The second kappa shape index (κ2) is 4.58. The molecule has 0 unspecified atom stereocenters. The van der Waals surface area contributed by atoms with E-state index < -0.39 is 0 Å². The number of aromatic hydroxyl groups is 1. The maximum absolute atomic E-state index is 12.1. The van der Waals surface area contributed by atoms with Crippen LogP contribution in [-0.2, 0) is 0 Å². The molecule has 2 aliphatic rings. The van der Waals surface area contributed by atoms with Gasteiger partial charge in [0, 0.05) is 11.1 Å². The topological polar surface area (TPSA) is 61.7 Å². The molecule has 0 spiro atoms. The van der Waals surface area contributed by atoms with Crippen molar-refractivity contribution in [3.05, 3.63) is 29.8 Å². The highest BCUT2D eigenvalue weighted by atomic mass is 16.3. The van der Waals surface area contributed by atoms with Gasteiger partial charge >= 0.3 is 0 Å². The van der Waals surface area contributed by atoms with Gasteiger partial charge in [0.2, 0.25) is 0 Å². The van der Waals surface area contributed by atoms with E-state index in [-0.39, 0.29) is 28.1 Å². The molecule has 0 heterocycles. The molecular weight excluding hydrogens is 264 g/mol. The standard InChI is InChI=1S/C17H22N2O2/c1-16(2)11-8-9-17(16,3)14(10-11)18-19-15(21)12-6-4-5-7-13(12)20/h4-7,11,20H,8-10H2,1-3H3,(H,19,21)/b18-14-/t11-,17+/m0/s1. The molecule has 2 saturated carbocycles. The van der Waals surface area contributed by atoms with Crippen LogP contribution in [-0.4, -0.2) is 16.7 Å². The smallest absolute Gasteiger partial charge is 0.275 e. The number of hydrogen-bond donors (Lipinski definition) is 2. The number of amides is 1.